The molecule has 10 nitrogen and oxygen atoms in total. The Bertz CT molecular complexity index is 1320. The molecular formula is C26H23N3O7. The van der Waals surface area contributed by atoms with E-state index in [1.165, 1.54) is 61.7 Å². The van der Waals surface area contributed by atoms with E-state index in [4.69, 9.17) is 9.47 Å². The molecule has 10 heteroatoms. The second kappa shape index (κ2) is 11.9. The maximum Gasteiger partial charge on any atom is 0.338 e. The van der Waals surface area contributed by atoms with Gasteiger partial charge in [-0.15, -0.1) is 0 Å². The summed E-state index contributed by atoms with van der Waals surface area (Å²) < 4.78 is 10.2. The molecule has 0 atom stereocenters. The zero-order chi connectivity index (χ0) is 26.1. The van der Waals surface area contributed by atoms with E-state index in [1.54, 1.807) is 31.2 Å². The van der Waals surface area contributed by atoms with Crippen LogP contribution in [0.25, 0.3) is 6.08 Å². The Morgan fingerprint density at radius 1 is 1.00 bits per heavy atom. The maximum absolute atomic E-state index is 13.1. The third-order valence-corrected chi connectivity index (χ3v) is 4.89. The number of carbonyl (C=O) groups is 3. The second-order valence-corrected chi connectivity index (χ2v) is 7.32. The minimum atomic E-state index is -0.686. The Hall–Kier alpha value is -4.99. The average molecular weight is 489 g/mol. The number of hydrogen-bond donors (Lipinski definition) is 2. The van der Waals surface area contributed by atoms with Crippen molar-refractivity contribution < 1.29 is 28.8 Å². The number of non-ortho nitro benzene ring substituents is 1. The first-order chi connectivity index (χ1) is 17.3. The van der Waals surface area contributed by atoms with Gasteiger partial charge in [0.2, 0.25) is 0 Å². The topological polar surface area (TPSA) is 137 Å². The zero-order valence-corrected chi connectivity index (χ0v) is 19.5. The molecule has 3 aromatic carbocycles. The van der Waals surface area contributed by atoms with Crippen LogP contribution in [0, 0.1) is 10.1 Å². The number of amides is 2. The van der Waals surface area contributed by atoms with Crippen molar-refractivity contribution in [1.29, 1.82) is 0 Å². The number of nitro groups is 1. The Morgan fingerprint density at radius 3 is 2.39 bits per heavy atom. The average Bonchev–Trinajstić information content (AvgIpc) is 2.88. The summed E-state index contributed by atoms with van der Waals surface area (Å²) in [5.41, 5.74) is 0.843. The van der Waals surface area contributed by atoms with Gasteiger partial charge < -0.3 is 20.1 Å². The van der Waals surface area contributed by atoms with Crippen molar-refractivity contribution in [2.75, 3.05) is 19.0 Å². The van der Waals surface area contributed by atoms with Gasteiger partial charge in [-0.25, -0.2) is 4.79 Å². The summed E-state index contributed by atoms with van der Waals surface area (Å²) in [6.45, 7) is 1.93. The van der Waals surface area contributed by atoms with Gasteiger partial charge in [0.25, 0.3) is 17.5 Å². The van der Waals surface area contributed by atoms with Crippen LogP contribution >= 0.6 is 0 Å². The summed E-state index contributed by atoms with van der Waals surface area (Å²) in [5.74, 6) is -1.49. The van der Waals surface area contributed by atoms with E-state index < -0.39 is 22.7 Å². The normalized spacial score (nSPS) is 10.8. The molecule has 0 fully saturated rings. The Morgan fingerprint density at radius 2 is 1.72 bits per heavy atom. The molecule has 0 saturated carbocycles. The molecule has 2 amide bonds. The fourth-order valence-electron chi connectivity index (χ4n) is 3.18. The number of esters is 1. The number of carbonyl (C=O) groups excluding carboxylic acids is 3. The number of para-hydroxylation sites is 1. The van der Waals surface area contributed by atoms with Gasteiger partial charge in [0.05, 0.1) is 29.8 Å². The fourth-order valence-corrected chi connectivity index (χ4v) is 3.18. The number of hydrogen-bond acceptors (Lipinski definition) is 7. The molecule has 0 radical (unpaired) electrons. The number of methoxy groups -OCH3 is 1. The largest absolute Gasteiger partial charge is 0.496 e. The summed E-state index contributed by atoms with van der Waals surface area (Å²) in [7, 11) is 1.42. The molecule has 184 valence electrons. The molecule has 0 spiro atoms. The lowest BCUT2D eigenvalue weighted by atomic mass is 10.1. The Balaban J connectivity index is 1.91. The van der Waals surface area contributed by atoms with Gasteiger partial charge >= 0.3 is 5.97 Å². The molecule has 2 N–H and O–H groups in total. The lowest BCUT2D eigenvalue weighted by Crippen LogP contribution is -2.31. The molecule has 0 aliphatic rings. The first-order valence-electron chi connectivity index (χ1n) is 10.8. The smallest absolute Gasteiger partial charge is 0.338 e. The van der Waals surface area contributed by atoms with Crippen molar-refractivity contribution in [3.63, 3.8) is 0 Å². The highest BCUT2D eigenvalue weighted by Crippen LogP contribution is 2.20. The van der Waals surface area contributed by atoms with Gasteiger partial charge in [-0.05, 0) is 55.0 Å². The summed E-state index contributed by atoms with van der Waals surface area (Å²) in [4.78, 5) is 48.5. The van der Waals surface area contributed by atoms with Gasteiger partial charge in [-0.2, -0.15) is 0 Å². The molecule has 0 aliphatic heterocycles. The van der Waals surface area contributed by atoms with Crippen LogP contribution in [0.3, 0.4) is 0 Å². The van der Waals surface area contributed by atoms with Gasteiger partial charge in [0.15, 0.2) is 0 Å². The van der Waals surface area contributed by atoms with Gasteiger partial charge in [0, 0.05) is 17.8 Å². The SMILES string of the molecule is CCOC(=O)c1ccc(NC(=O)/C(=C\c2cccc([N+](=O)[O-])c2)NC(=O)c2ccccc2OC)cc1. The minimum Gasteiger partial charge on any atom is -0.496 e. The van der Waals surface area contributed by atoms with Crippen LogP contribution in [0.4, 0.5) is 11.4 Å². The highest BCUT2D eigenvalue weighted by Gasteiger charge is 2.18. The van der Waals surface area contributed by atoms with Crippen LogP contribution in [-0.2, 0) is 9.53 Å². The zero-order valence-electron chi connectivity index (χ0n) is 19.5. The molecule has 3 aromatic rings. The third kappa shape index (κ3) is 6.54. The summed E-state index contributed by atoms with van der Waals surface area (Å²) in [5, 5.41) is 16.4. The number of anilines is 1. The molecular weight excluding hydrogens is 466 g/mol. The van der Waals surface area contributed by atoms with Crippen molar-refractivity contribution in [3.8, 4) is 5.75 Å². The number of nitrogens with zero attached hydrogens (tertiary/aromatic N) is 1. The van der Waals surface area contributed by atoms with E-state index in [0.29, 0.717) is 22.6 Å². The molecule has 0 unspecified atom stereocenters. The summed E-state index contributed by atoms with van der Waals surface area (Å²) >= 11 is 0. The van der Waals surface area contributed by atoms with Crippen LogP contribution in [0.5, 0.6) is 5.75 Å². The predicted molar refractivity (Wildman–Crippen MR) is 133 cm³/mol. The van der Waals surface area contributed by atoms with Crippen LogP contribution in [-0.4, -0.2) is 36.4 Å². The van der Waals surface area contributed by atoms with Crippen LogP contribution in [0.1, 0.15) is 33.2 Å². The van der Waals surface area contributed by atoms with E-state index in [1.807, 2.05) is 0 Å². The van der Waals surface area contributed by atoms with E-state index >= 15 is 0 Å². The minimum absolute atomic E-state index is 0.166. The Kier molecular flexibility index (Phi) is 8.49. The van der Waals surface area contributed by atoms with Crippen molar-refractivity contribution in [1.82, 2.24) is 5.32 Å². The van der Waals surface area contributed by atoms with Crippen molar-refractivity contribution in [2.45, 2.75) is 6.92 Å². The highest BCUT2D eigenvalue weighted by molar-refractivity contribution is 6.11. The maximum atomic E-state index is 13.1. The highest BCUT2D eigenvalue weighted by atomic mass is 16.6. The van der Waals surface area contributed by atoms with Crippen LogP contribution in [0.2, 0.25) is 0 Å². The molecule has 0 heterocycles. The summed E-state index contributed by atoms with van der Waals surface area (Å²) in [6.07, 6.45) is 1.32. The predicted octanol–water partition coefficient (Wildman–Crippen LogP) is 4.19. The van der Waals surface area contributed by atoms with E-state index in [-0.39, 0.29) is 23.6 Å². The van der Waals surface area contributed by atoms with Crippen molar-refractivity contribution in [2.24, 2.45) is 0 Å². The quantitative estimate of drug-likeness (QED) is 0.199. The van der Waals surface area contributed by atoms with Gasteiger partial charge in [-0.3, -0.25) is 19.7 Å². The van der Waals surface area contributed by atoms with Gasteiger partial charge in [0.1, 0.15) is 11.4 Å². The second-order valence-electron chi connectivity index (χ2n) is 7.32. The lowest BCUT2D eigenvalue weighted by Gasteiger charge is -2.13. The standard InChI is InChI=1S/C26H23N3O7/c1-3-36-26(32)18-11-13-19(14-12-18)27-25(31)22(16-17-7-6-8-20(15-17)29(33)34)28-24(30)21-9-4-5-10-23(21)35-2/h4-16H,3H2,1-2H3,(H,27,31)(H,28,30)/b22-16+. The number of ether oxygens (including phenoxy) is 2. The Labute approximate surface area is 206 Å². The number of nitrogens with one attached hydrogen (secondary N) is 2. The molecule has 0 aromatic heterocycles. The van der Waals surface area contributed by atoms with Crippen molar-refractivity contribution >= 4 is 35.2 Å². The van der Waals surface area contributed by atoms with E-state index in [2.05, 4.69) is 10.6 Å². The lowest BCUT2D eigenvalue weighted by molar-refractivity contribution is -0.384. The van der Waals surface area contributed by atoms with E-state index in [0.717, 1.165) is 0 Å². The molecule has 0 bridgehead atoms. The molecule has 3 rings (SSSR count). The monoisotopic (exact) mass is 489 g/mol. The number of benzene rings is 3. The number of nitro benzene ring substituents is 1. The third-order valence-electron chi connectivity index (χ3n) is 4.89. The van der Waals surface area contributed by atoms with Crippen LogP contribution in [0.15, 0.2) is 78.5 Å². The summed E-state index contributed by atoms with van der Waals surface area (Å²) in [6, 6.07) is 18.1. The van der Waals surface area contributed by atoms with Crippen LogP contribution < -0.4 is 15.4 Å². The van der Waals surface area contributed by atoms with Gasteiger partial charge in [-0.1, -0.05) is 24.3 Å². The molecule has 0 aliphatic carbocycles. The molecule has 0 saturated heterocycles. The van der Waals surface area contributed by atoms with E-state index in [9.17, 15) is 24.5 Å². The molecule has 36 heavy (non-hydrogen) atoms. The first-order valence-corrected chi connectivity index (χ1v) is 10.8. The first kappa shape index (κ1) is 25.6. The number of rotatable bonds is 9. The van der Waals surface area contributed by atoms with Crippen molar-refractivity contribution in [3.05, 3.63) is 105 Å². The fraction of sp³-hybridized carbons (Fsp3) is 0.115.